The van der Waals surface area contributed by atoms with E-state index in [0.717, 1.165) is 28.3 Å². The zero-order chi connectivity index (χ0) is 20.1. The summed E-state index contributed by atoms with van der Waals surface area (Å²) >= 11 is 0. The van der Waals surface area contributed by atoms with E-state index in [1.165, 1.54) is 0 Å². The molecule has 0 aliphatic rings. The minimum Gasteiger partial charge on any atom is -0.485 e. The maximum absolute atomic E-state index is 12.4. The Kier molecular flexibility index (Phi) is 6.09. The van der Waals surface area contributed by atoms with Gasteiger partial charge in [0.05, 0.1) is 0 Å². The standard InChI is InChI=1S/C22H25N3O3/c1-14-8-9-15(2)21(10-14)27-13-19-12-20(25-28-19)22(26)24-17(4)11-18-7-5-6-16(3)23-18/h5-10,12,17H,11,13H2,1-4H3,(H,24,26)/t17-/m1/s1. The van der Waals surface area contributed by atoms with Crippen LogP contribution in [0.3, 0.4) is 0 Å². The first kappa shape index (κ1) is 19.6. The summed E-state index contributed by atoms with van der Waals surface area (Å²) in [6, 6.07) is 13.4. The molecule has 0 saturated carbocycles. The van der Waals surface area contributed by atoms with Crippen molar-refractivity contribution >= 4 is 5.91 Å². The summed E-state index contributed by atoms with van der Waals surface area (Å²) in [5.41, 5.74) is 4.30. The van der Waals surface area contributed by atoms with Crippen LogP contribution in [0.1, 0.15) is 45.7 Å². The van der Waals surface area contributed by atoms with Gasteiger partial charge in [0.25, 0.3) is 5.91 Å². The summed E-state index contributed by atoms with van der Waals surface area (Å²) in [5.74, 6) is 1.02. The Labute approximate surface area is 164 Å². The van der Waals surface area contributed by atoms with E-state index >= 15 is 0 Å². The van der Waals surface area contributed by atoms with Gasteiger partial charge in [-0.1, -0.05) is 23.4 Å². The number of nitrogens with zero attached hydrogens (tertiary/aromatic N) is 2. The lowest BCUT2D eigenvalue weighted by molar-refractivity contribution is 0.0930. The average Bonchev–Trinajstić information content (AvgIpc) is 3.11. The van der Waals surface area contributed by atoms with Gasteiger partial charge in [-0.3, -0.25) is 9.78 Å². The number of ether oxygens (including phenoxy) is 1. The van der Waals surface area contributed by atoms with Gasteiger partial charge in [0.15, 0.2) is 11.5 Å². The third kappa shape index (κ3) is 5.19. The van der Waals surface area contributed by atoms with Crippen molar-refractivity contribution in [2.45, 2.75) is 46.8 Å². The van der Waals surface area contributed by atoms with Crippen molar-refractivity contribution in [1.82, 2.24) is 15.5 Å². The van der Waals surface area contributed by atoms with E-state index in [4.69, 9.17) is 9.26 Å². The molecule has 2 heterocycles. The van der Waals surface area contributed by atoms with Crippen LogP contribution < -0.4 is 10.1 Å². The van der Waals surface area contributed by atoms with E-state index in [0.29, 0.717) is 12.2 Å². The number of aromatic nitrogens is 2. The fraction of sp³-hybridized carbons (Fsp3) is 0.318. The normalized spacial score (nSPS) is 11.9. The predicted molar refractivity (Wildman–Crippen MR) is 106 cm³/mol. The first-order chi connectivity index (χ1) is 13.4. The molecule has 6 heteroatoms. The molecule has 0 unspecified atom stereocenters. The van der Waals surface area contributed by atoms with Crippen molar-refractivity contribution in [3.05, 3.63) is 76.4 Å². The minimum absolute atomic E-state index is 0.0758. The Morgan fingerprint density at radius 3 is 2.79 bits per heavy atom. The molecular weight excluding hydrogens is 354 g/mol. The van der Waals surface area contributed by atoms with Gasteiger partial charge < -0.3 is 14.6 Å². The van der Waals surface area contributed by atoms with Gasteiger partial charge in [-0.05, 0) is 57.0 Å². The smallest absolute Gasteiger partial charge is 0.273 e. The number of benzene rings is 1. The molecule has 6 nitrogen and oxygen atoms in total. The monoisotopic (exact) mass is 379 g/mol. The number of aryl methyl sites for hydroxylation is 3. The first-order valence-electron chi connectivity index (χ1n) is 9.30. The second-order valence-electron chi connectivity index (χ2n) is 7.09. The maximum Gasteiger partial charge on any atom is 0.273 e. The summed E-state index contributed by atoms with van der Waals surface area (Å²) in [6.45, 7) is 8.10. The van der Waals surface area contributed by atoms with Crippen molar-refractivity contribution in [3.8, 4) is 5.75 Å². The summed E-state index contributed by atoms with van der Waals surface area (Å²) in [6.07, 6.45) is 0.647. The Bertz CT molecular complexity index is 965. The zero-order valence-corrected chi connectivity index (χ0v) is 16.7. The number of carbonyl (C=O) groups is 1. The quantitative estimate of drug-likeness (QED) is 0.673. The molecule has 146 valence electrons. The molecule has 1 amide bonds. The van der Waals surface area contributed by atoms with E-state index in [-0.39, 0.29) is 24.2 Å². The summed E-state index contributed by atoms with van der Waals surface area (Å²) in [5, 5.41) is 6.79. The van der Waals surface area contributed by atoms with Crippen LogP contribution in [-0.4, -0.2) is 22.1 Å². The van der Waals surface area contributed by atoms with Crippen molar-refractivity contribution < 1.29 is 14.1 Å². The molecule has 3 aromatic rings. The van der Waals surface area contributed by atoms with Gasteiger partial charge in [0.1, 0.15) is 12.4 Å². The largest absolute Gasteiger partial charge is 0.485 e. The number of amides is 1. The van der Waals surface area contributed by atoms with Gasteiger partial charge in [0.2, 0.25) is 0 Å². The highest BCUT2D eigenvalue weighted by atomic mass is 16.5. The van der Waals surface area contributed by atoms with Gasteiger partial charge in [-0.25, -0.2) is 0 Å². The number of rotatable bonds is 7. The second kappa shape index (κ2) is 8.69. The van der Waals surface area contributed by atoms with E-state index in [1.807, 2.05) is 64.1 Å². The zero-order valence-electron chi connectivity index (χ0n) is 16.7. The van der Waals surface area contributed by atoms with Crippen molar-refractivity contribution in [3.63, 3.8) is 0 Å². The second-order valence-corrected chi connectivity index (χ2v) is 7.09. The number of carbonyl (C=O) groups excluding carboxylic acids is 1. The van der Waals surface area contributed by atoms with Crippen molar-refractivity contribution in [2.24, 2.45) is 0 Å². The van der Waals surface area contributed by atoms with Crippen LogP contribution in [0.4, 0.5) is 0 Å². The molecule has 0 aliphatic heterocycles. The Morgan fingerprint density at radius 1 is 1.18 bits per heavy atom. The molecule has 0 fully saturated rings. The van der Waals surface area contributed by atoms with Gasteiger partial charge in [-0.15, -0.1) is 0 Å². The minimum atomic E-state index is -0.276. The molecule has 3 rings (SSSR count). The van der Waals surface area contributed by atoms with Crippen LogP contribution in [-0.2, 0) is 13.0 Å². The van der Waals surface area contributed by atoms with E-state index < -0.39 is 0 Å². The highest BCUT2D eigenvalue weighted by Gasteiger charge is 2.16. The fourth-order valence-corrected chi connectivity index (χ4v) is 2.88. The van der Waals surface area contributed by atoms with Crippen LogP contribution in [0.2, 0.25) is 0 Å². The summed E-state index contributed by atoms with van der Waals surface area (Å²) < 4.78 is 11.0. The van der Waals surface area contributed by atoms with Crippen LogP contribution in [0, 0.1) is 20.8 Å². The van der Waals surface area contributed by atoms with Crippen LogP contribution in [0.15, 0.2) is 47.0 Å². The first-order valence-corrected chi connectivity index (χ1v) is 9.30. The molecular formula is C22H25N3O3. The van der Waals surface area contributed by atoms with Crippen LogP contribution in [0.25, 0.3) is 0 Å². The topological polar surface area (TPSA) is 77.2 Å². The molecule has 1 aromatic carbocycles. The molecule has 0 saturated heterocycles. The molecule has 1 N–H and O–H groups in total. The van der Waals surface area contributed by atoms with Gasteiger partial charge in [-0.2, -0.15) is 0 Å². The fourth-order valence-electron chi connectivity index (χ4n) is 2.88. The third-order valence-corrected chi connectivity index (χ3v) is 4.34. The highest BCUT2D eigenvalue weighted by molar-refractivity contribution is 5.92. The third-order valence-electron chi connectivity index (χ3n) is 4.34. The van der Waals surface area contributed by atoms with Crippen LogP contribution in [0.5, 0.6) is 5.75 Å². The maximum atomic E-state index is 12.4. The SMILES string of the molecule is Cc1ccc(C)c(OCc2cc(C(=O)N[C@H](C)Cc3cccc(C)n3)no2)c1. The molecule has 28 heavy (non-hydrogen) atoms. The van der Waals surface area contributed by atoms with Gasteiger partial charge in [0, 0.05) is 29.9 Å². The number of hydrogen-bond donors (Lipinski definition) is 1. The molecule has 0 aliphatic carbocycles. The molecule has 0 bridgehead atoms. The number of hydrogen-bond acceptors (Lipinski definition) is 5. The lowest BCUT2D eigenvalue weighted by Crippen LogP contribution is -2.34. The van der Waals surface area contributed by atoms with Gasteiger partial charge >= 0.3 is 0 Å². The summed E-state index contributed by atoms with van der Waals surface area (Å²) in [7, 11) is 0. The highest BCUT2D eigenvalue weighted by Crippen LogP contribution is 2.20. The van der Waals surface area contributed by atoms with Crippen molar-refractivity contribution in [2.75, 3.05) is 0 Å². The molecule has 2 aromatic heterocycles. The lowest BCUT2D eigenvalue weighted by Gasteiger charge is -2.12. The Hall–Kier alpha value is -3.15. The number of nitrogens with one attached hydrogen (secondary N) is 1. The Morgan fingerprint density at radius 2 is 2.00 bits per heavy atom. The van der Waals surface area contributed by atoms with Crippen LogP contribution >= 0.6 is 0 Å². The molecule has 1 atom stereocenters. The average molecular weight is 379 g/mol. The summed E-state index contributed by atoms with van der Waals surface area (Å²) in [4.78, 5) is 16.9. The van der Waals surface area contributed by atoms with E-state index in [9.17, 15) is 4.79 Å². The lowest BCUT2D eigenvalue weighted by atomic mass is 10.1. The van der Waals surface area contributed by atoms with E-state index in [1.54, 1.807) is 6.07 Å². The number of pyridine rings is 1. The van der Waals surface area contributed by atoms with E-state index in [2.05, 4.69) is 15.5 Å². The molecule has 0 spiro atoms. The Balaban J connectivity index is 1.55. The predicted octanol–water partition coefficient (Wildman–Crippen LogP) is 3.93. The molecule has 0 radical (unpaired) electrons. The van der Waals surface area contributed by atoms with Crippen molar-refractivity contribution in [1.29, 1.82) is 0 Å².